The van der Waals surface area contributed by atoms with Crippen LogP contribution in [0.25, 0.3) is 0 Å². The van der Waals surface area contributed by atoms with E-state index in [9.17, 15) is 13.2 Å². The molecule has 0 bridgehead atoms. The molecule has 128 valence electrons. The van der Waals surface area contributed by atoms with Crippen molar-refractivity contribution < 1.29 is 27.2 Å². The lowest BCUT2D eigenvalue weighted by molar-refractivity contribution is -0.189. The summed E-state index contributed by atoms with van der Waals surface area (Å²) in [5.74, 6) is -0.281. The largest absolute Gasteiger partial charge is 0.496 e. The molecule has 0 radical (unpaired) electrons. The first-order valence-corrected chi connectivity index (χ1v) is 7.46. The topological polar surface area (TPSA) is 40.6 Å². The number of alkyl halides is 3. The van der Waals surface area contributed by atoms with E-state index in [1.165, 1.54) is 12.3 Å². The van der Waals surface area contributed by atoms with Gasteiger partial charge in [-0.3, -0.25) is 0 Å². The summed E-state index contributed by atoms with van der Waals surface area (Å²) in [6, 6.07) is 1.44. The summed E-state index contributed by atoms with van der Waals surface area (Å²) in [6.07, 6.45) is -5.16. The number of halogens is 4. The second-order valence-electron chi connectivity index (χ2n) is 6.45. The van der Waals surface area contributed by atoms with E-state index in [-0.39, 0.29) is 10.9 Å². The second-order valence-corrected chi connectivity index (χ2v) is 6.85. The molecule has 1 aliphatic rings. The number of pyridine rings is 1. The molecule has 1 aliphatic heterocycles. The normalized spacial score (nSPS) is 21.3. The molecule has 2 heterocycles. The van der Waals surface area contributed by atoms with Gasteiger partial charge in [0.2, 0.25) is 5.88 Å². The number of nitrogens with zero attached hydrogens (tertiary/aromatic N) is 1. The van der Waals surface area contributed by atoms with Gasteiger partial charge in [0, 0.05) is 11.7 Å². The molecule has 9 heteroatoms. The first kappa shape index (κ1) is 18.4. The number of rotatable bonds is 3. The van der Waals surface area contributed by atoms with E-state index in [1.54, 1.807) is 0 Å². The van der Waals surface area contributed by atoms with Gasteiger partial charge in [0.1, 0.15) is 5.02 Å². The zero-order chi connectivity index (χ0) is 17.6. The summed E-state index contributed by atoms with van der Waals surface area (Å²) < 4.78 is 54.0. The van der Waals surface area contributed by atoms with Crippen LogP contribution in [-0.2, 0) is 9.31 Å². The van der Waals surface area contributed by atoms with Crippen LogP contribution in [0.15, 0.2) is 12.3 Å². The number of hydrogen-bond acceptors (Lipinski definition) is 4. The maximum Gasteiger partial charge on any atom is 0.496 e. The van der Waals surface area contributed by atoms with Crippen molar-refractivity contribution in [3.63, 3.8) is 0 Å². The molecule has 2 rings (SSSR count). The van der Waals surface area contributed by atoms with Gasteiger partial charge in [-0.25, -0.2) is 4.98 Å². The van der Waals surface area contributed by atoms with Gasteiger partial charge in [0.05, 0.1) is 11.2 Å². The lowest BCUT2D eigenvalue weighted by atomic mass is 9.80. The predicted octanol–water partition coefficient (Wildman–Crippen LogP) is 3.36. The Bertz CT molecular complexity index is 579. The molecule has 1 fully saturated rings. The first-order chi connectivity index (χ1) is 10.3. The fourth-order valence-corrected chi connectivity index (χ4v) is 2.09. The van der Waals surface area contributed by atoms with Gasteiger partial charge in [-0.15, -0.1) is 0 Å². The van der Waals surface area contributed by atoms with Crippen molar-refractivity contribution in [2.24, 2.45) is 0 Å². The summed E-state index contributed by atoms with van der Waals surface area (Å²) in [5, 5.41) is -0.0340. The molecule has 0 unspecified atom stereocenters. The maximum atomic E-state index is 12.5. The molecule has 0 aliphatic carbocycles. The smallest absolute Gasteiger partial charge is 0.464 e. The minimum Gasteiger partial charge on any atom is -0.464 e. The molecule has 1 aromatic heterocycles. The minimum absolute atomic E-state index is 0.0340. The van der Waals surface area contributed by atoms with Crippen LogP contribution < -0.4 is 10.2 Å². The van der Waals surface area contributed by atoms with Gasteiger partial charge in [-0.2, -0.15) is 13.2 Å². The van der Waals surface area contributed by atoms with Crippen LogP contribution in [0, 0.1) is 0 Å². The van der Waals surface area contributed by atoms with Crippen molar-refractivity contribution in [2.75, 3.05) is 0 Å². The second kappa shape index (κ2) is 5.83. The van der Waals surface area contributed by atoms with Crippen LogP contribution in [0.5, 0.6) is 5.88 Å². The van der Waals surface area contributed by atoms with Gasteiger partial charge in [-0.1, -0.05) is 11.6 Å². The zero-order valence-electron chi connectivity index (χ0n) is 13.5. The summed E-state index contributed by atoms with van der Waals surface area (Å²) in [5.41, 5.74) is -0.561. The third kappa shape index (κ3) is 3.75. The average molecular weight is 352 g/mol. The van der Waals surface area contributed by atoms with Crippen molar-refractivity contribution in [3.05, 3.63) is 17.3 Å². The summed E-state index contributed by atoms with van der Waals surface area (Å²) >= 11 is 5.98. The van der Waals surface area contributed by atoms with Gasteiger partial charge < -0.3 is 14.0 Å². The Morgan fingerprint density at radius 1 is 1.22 bits per heavy atom. The van der Waals surface area contributed by atoms with Crippen molar-refractivity contribution >= 4 is 24.2 Å². The first-order valence-electron chi connectivity index (χ1n) is 7.08. The van der Waals surface area contributed by atoms with Crippen LogP contribution in [-0.4, -0.2) is 35.6 Å². The molecule has 0 saturated carbocycles. The zero-order valence-corrected chi connectivity index (χ0v) is 14.2. The highest BCUT2D eigenvalue weighted by Crippen LogP contribution is 2.37. The maximum absolute atomic E-state index is 12.5. The van der Waals surface area contributed by atoms with E-state index in [4.69, 9.17) is 25.6 Å². The molecule has 4 nitrogen and oxygen atoms in total. The molecule has 0 spiro atoms. The molecule has 1 saturated heterocycles. The molecule has 1 atom stereocenters. The minimum atomic E-state index is -4.49. The molecule has 0 aromatic carbocycles. The highest BCUT2D eigenvalue weighted by molar-refractivity contribution is 6.62. The SMILES string of the molecule is C[C@H](Oc1ncc(B2OC(C)(C)C(C)(C)O2)cc1Cl)C(F)(F)F. The number of hydrogen-bond donors (Lipinski definition) is 0. The lowest BCUT2D eigenvalue weighted by Gasteiger charge is -2.32. The Hall–Kier alpha value is -0.985. The van der Waals surface area contributed by atoms with Gasteiger partial charge >= 0.3 is 13.3 Å². The van der Waals surface area contributed by atoms with E-state index in [2.05, 4.69) is 4.98 Å². The van der Waals surface area contributed by atoms with Crippen LogP contribution in [0.3, 0.4) is 0 Å². The number of aromatic nitrogens is 1. The molecule has 23 heavy (non-hydrogen) atoms. The average Bonchev–Trinajstić information content (AvgIpc) is 2.59. The fourth-order valence-electron chi connectivity index (χ4n) is 1.87. The van der Waals surface area contributed by atoms with Crippen LogP contribution >= 0.6 is 11.6 Å². The van der Waals surface area contributed by atoms with Crippen molar-refractivity contribution in [1.82, 2.24) is 4.98 Å². The third-order valence-corrected chi connectivity index (χ3v) is 4.37. The van der Waals surface area contributed by atoms with Gasteiger partial charge in [0.15, 0.2) is 6.10 Å². The van der Waals surface area contributed by atoms with Crippen molar-refractivity contribution in [3.8, 4) is 5.88 Å². The summed E-state index contributed by atoms with van der Waals surface area (Å²) in [4.78, 5) is 3.86. The molecule has 0 amide bonds. The van der Waals surface area contributed by atoms with Gasteiger partial charge in [0.25, 0.3) is 0 Å². The quantitative estimate of drug-likeness (QED) is 0.783. The van der Waals surface area contributed by atoms with E-state index in [0.717, 1.165) is 6.92 Å². The number of ether oxygens (including phenoxy) is 1. The van der Waals surface area contributed by atoms with Gasteiger partial charge in [-0.05, 0) is 40.7 Å². The molecule has 0 N–H and O–H groups in total. The van der Waals surface area contributed by atoms with Crippen LogP contribution in [0.4, 0.5) is 13.2 Å². The fraction of sp³-hybridized carbons (Fsp3) is 0.643. The monoisotopic (exact) mass is 351 g/mol. The molecular formula is C14H18BClF3NO3. The Balaban J connectivity index is 2.18. The summed E-state index contributed by atoms with van der Waals surface area (Å²) in [7, 11) is -0.695. The Kier molecular flexibility index (Phi) is 4.65. The van der Waals surface area contributed by atoms with Crippen molar-refractivity contribution in [1.29, 1.82) is 0 Å². The molecule has 1 aromatic rings. The van der Waals surface area contributed by atoms with Crippen LogP contribution in [0.2, 0.25) is 5.02 Å². The summed E-state index contributed by atoms with van der Waals surface area (Å²) in [6.45, 7) is 8.46. The van der Waals surface area contributed by atoms with E-state index in [0.29, 0.717) is 5.46 Å². The highest BCUT2D eigenvalue weighted by atomic mass is 35.5. The highest BCUT2D eigenvalue weighted by Gasteiger charge is 2.52. The van der Waals surface area contributed by atoms with E-state index >= 15 is 0 Å². The Morgan fingerprint density at radius 3 is 2.17 bits per heavy atom. The van der Waals surface area contributed by atoms with Crippen molar-refractivity contribution in [2.45, 2.75) is 58.1 Å². The molecular weight excluding hydrogens is 333 g/mol. The Labute approximate surface area is 138 Å². The lowest BCUT2D eigenvalue weighted by Crippen LogP contribution is -2.41. The third-order valence-electron chi connectivity index (χ3n) is 4.10. The van der Waals surface area contributed by atoms with Crippen LogP contribution in [0.1, 0.15) is 34.6 Å². The Morgan fingerprint density at radius 2 is 1.74 bits per heavy atom. The van der Waals surface area contributed by atoms with E-state index < -0.39 is 30.6 Å². The predicted molar refractivity (Wildman–Crippen MR) is 81.1 cm³/mol. The van der Waals surface area contributed by atoms with E-state index in [1.807, 2.05) is 27.7 Å². The standard InChI is InChI=1S/C14H18BClF3NO3/c1-8(14(17,18)19)21-11-10(16)6-9(7-20-11)15-22-12(2,3)13(4,5)23-15/h6-8H,1-5H3/t8-/m0/s1.